The van der Waals surface area contributed by atoms with Crippen molar-refractivity contribution in [3.05, 3.63) is 34.6 Å². The van der Waals surface area contributed by atoms with Crippen molar-refractivity contribution in [3.8, 4) is 0 Å². The summed E-state index contributed by atoms with van der Waals surface area (Å²) in [5.41, 5.74) is -0.837. The highest BCUT2D eigenvalue weighted by Crippen LogP contribution is 2.18. The summed E-state index contributed by atoms with van der Waals surface area (Å²) < 4.78 is 13.1. The predicted molar refractivity (Wildman–Crippen MR) is 61.0 cm³/mol. The molecule has 0 saturated heterocycles. The molecule has 0 saturated carbocycles. The normalized spacial score (nSPS) is 14.6. The Kier molecular flexibility index (Phi) is 4.05. The van der Waals surface area contributed by atoms with Crippen molar-refractivity contribution in [2.75, 3.05) is 0 Å². The molecule has 2 nitrogen and oxygen atoms in total. The fourth-order valence-electron chi connectivity index (χ4n) is 1.22. The molecule has 16 heavy (non-hydrogen) atoms. The average molecular weight is 245 g/mol. The van der Waals surface area contributed by atoms with Gasteiger partial charge in [0.1, 0.15) is 11.4 Å². The second kappa shape index (κ2) is 4.93. The molecule has 88 valence electrons. The number of ketones is 1. The van der Waals surface area contributed by atoms with Gasteiger partial charge in [-0.1, -0.05) is 24.6 Å². The zero-order valence-electron chi connectivity index (χ0n) is 9.26. The highest BCUT2D eigenvalue weighted by atomic mass is 35.5. The van der Waals surface area contributed by atoms with Crippen LogP contribution in [-0.2, 0) is 11.2 Å². The first-order chi connectivity index (χ1) is 7.36. The van der Waals surface area contributed by atoms with Crippen LogP contribution in [0.4, 0.5) is 4.39 Å². The van der Waals surface area contributed by atoms with Crippen LogP contribution >= 0.6 is 11.6 Å². The third-order valence-electron chi connectivity index (χ3n) is 2.64. The van der Waals surface area contributed by atoms with E-state index in [1.54, 1.807) is 13.0 Å². The molecule has 0 radical (unpaired) electrons. The first-order valence-electron chi connectivity index (χ1n) is 5.06. The third kappa shape index (κ3) is 3.03. The topological polar surface area (TPSA) is 37.3 Å². The van der Waals surface area contributed by atoms with E-state index in [0.717, 1.165) is 0 Å². The van der Waals surface area contributed by atoms with Crippen LogP contribution in [0.5, 0.6) is 0 Å². The Morgan fingerprint density at radius 1 is 1.56 bits per heavy atom. The molecule has 0 heterocycles. The highest BCUT2D eigenvalue weighted by Gasteiger charge is 2.27. The van der Waals surface area contributed by atoms with Crippen LogP contribution in [0.3, 0.4) is 0 Å². The Morgan fingerprint density at radius 2 is 2.19 bits per heavy atom. The second-order valence-corrected chi connectivity index (χ2v) is 4.38. The van der Waals surface area contributed by atoms with Crippen LogP contribution in [0.2, 0.25) is 5.02 Å². The van der Waals surface area contributed by atoms with Crippen molar-refractivity contribution in [3.63, 3.8) is 0 Å². The fourth-order valence-corrected chi connectivity index (χ4v) is 1.34. The van der Waals surface area contributed by atoms with Gasteiger partial charge in [0, 0.05) is 6.42 Å². The van der Waals surface area contributed by atoms with Crippen LogP contribution in [0.15, 0.2) is 18.2 Å². The number of hydrogen-bond acceptors (Lipinski definition) is 2. The summed E-state index contributed by atoms with van der Waals surface area (Å²) in [7, 11) is 0. The molecule has 1 aromatic carbocycles. The Morgan fingerprint density at radius 3 is 2.69 bits per heavy atom. The van der Waals surface area contributed by atoms with E-state index in [1.165, 1.54) is 19.1 Å². The molecule has 0 amide bonds. The SMILES string of the molecule is CCC(C)(O)C(=O)Cc1ccc(Cl)c(F)c1. The van der Waals surface area contributed by atoms with E-state index in [-0.39, 0.29) is 17.2 Å². The summed E-state index contributed by atoms with van der Waals surface area (Å²) in [6, 6.07) is 4.20. The molecule has 1 rings (SSSR count). The summed E-state index contributed by atoms with van der Waals surface area (Å²) in [4.78, 5) is 11.7. The van der Waals surface area contributed by atoms with Crippen LogP contribution in [0.25, 0.3) is 0 Å². The van der Waals surface area contributed by atoms with E-state index in [4.69, 9.17) is 11.6 Å². The monoisotopic (exact) mass is 244 g/mol. The lowest BCUT2D eigenvalue weighted by atomic mass is 9.93. The molecule has 1 unspecified atom stereocenters. The van der Waals surface area contributed by atoms with Crippen molar-refractivity contribution in [2.24, 2.45) is 0 Å². The van der Waals surface area contributed by atoms with Crippen LogP contribution in [0.1, 0.15) is 25.8 Å². The minimum absolute atomic E-state index is 0.00886. The molecule has 0 aromatic heterocycles. The van der Waals surface area contributed by atoms with Gasteiger partial charge in [0.15, 0.2) is 5.78 Å². The standard InChI is InChI=1S/C12H14ClFO2/c1-3-12(2,16)11(15)7-8-4-5-9(13)10(14)6-8/h4-6,16H,3,7H2,1-2H3. The molecule has 0 aliphatic carbocycles. The van der Waals surface area contributed by atoms with E-state index in [9.17, 15) is 14.3 Å². The number of hydrogen-bond donors (Lipinski definition) is 1. The molecule has 0 aliphatic heterocycles. The predicted octanol–water partition coefficient (Wildman–Crippen LogP) is 2.75. The number of rotatable bonds is 4. The largest absolute Gasteiger partial charge is 0.382 e. The number of aliphatic hydroxyl groups is 1. The molecule has 1 N–H and O–H groups in total. The third-order valence-corrected chi connectivity index (χ3v) is 2.94. The van der Waals surface area contributed by atoms with Gasteiger partial charge in [0.2, 0.25) is 0 Å². The molecule has 0 aliphatic rings. The summed E-state index contributed by atoms with van der Waals surface area (Å²) in [5.74, 6) is -0.875. The number of Topliss-reactive ketones (excluding diaryl/α,β-unsaturated/α-hetero) is 1. The minimum Gasteiger partial charge on any atom is -0.382 e. The van der Waals surface area contributed by atoms with Gasteiger partial charge in [-0.3, -0.25) is 4.79 Å². The lowest BCUT2D eigenvalue weighted by molar-refractivity contribution is -0.135. The van der Waals surface area contributed by atoms with E-state index < -0.39 is 11.4 Å². The lowest BCUT2D eigenvalue weighted by Gasteiger charge is -2.19. The number of carbonyl (C=O) groups excluding carboxylic acids is 1. The fraction of sp³-hybridized carbons (Fsp3) is 0.417. The quantitative estimate of drug-likeness (QED) is 0.884. The molecule has 1 atom stereocenters. The summed E-state index contributed by atoms with van der Waals surface area (Å²) in [6.07, 6.45) is 0.344. The molecule has 4 heteroatoms. The number of halogens is 2. The van der Waals surface area contributed by atoms with Gasteiger partial charge in [-0.2, -0.15) is 0 Å². The Bertz CT molecular complexity index is 402. The van der Waals surface area contributed by atoms with Crippen molar-refractivity contribution in [1.29, 1.82) is 0 Å². The molecule has 0 spiro atoms. The second-order valence-electron chi connectivity index (χ2n) is 3.98. The summed E-state index contributed by atoms with van der Waals surface area (Å²) in [5, 5.41) is 9.73. The maximum Gasteiger partial charge on any atom is 0.168 e. The Balaban J connectivity index is 2.82. The van der Waals surface area contributed by atoms with Gasteiger partial charge >= 0.3 is 0 Å². The first kappa shape index (κ1) is 13.1. The maximum absolute atomic E-state index is 13.1. The number of benzene rings is 1. The zero-order chi connectivity index (χ0) is 12.3. The van der Waals surface area contributed by atoms with Gasteiger partial charge in [-0.05, 0) is 31.0 Å². The average Bonchev–Trinajstić information content (AvgIpc) is 2.23. The molecule has 1 aromatic rings. The van der Waals surface area contributed by atoms with Gasteiger partial charge in [-0.15, -0.1) is 0 Å². The minimum atomic E-state index is -1.35. The van der Waals surface area contributed by atoms with Crippen molar-refractivity contribution < 1.29 is 14.3 Å². The molecule has 0 bridgehead atoms. The van der Waals surface area contributed by atoms with E-state index in [1.807, 2.05) is 0 Å². The van der Waals surface area contributed by atoms with Gasteiger partial charge in [0.25, 0.3) is 0 Å². The molecular weight excluding hydrogens is 231 g/mol. The van der Waals surface area contributed by atoms with Crippen LogP contribution in [-0.4, -0.2) is 16.5 Å². The summed E-state index contributed by atoms with van der Waals surface area (Å²) >= 11 is 5.53. The number of carbonyl (C=O) groups is 1. The van der Waals surface area contributed by atoms with E-state index >= 15 is 0 Å². The Hall–Kier alpha value is -0.930. The summed E-state index contributed by atoms with van der Waals surface area (Å²) in [6.45, 7) is 3.18. The van der Waals surface area contributed by atoms with Crippen LogP contribution in [0, 0.1) is 5.82 Å². The van der Waals surface area contributed by atoms with Gasteiger partial charge in [-0.25, -0.2) is 4.39 Å². The Labute approximate surface area is 99.0 Å². The van der Waals surface area contributed by atoms with Crippen LogP contribution < -0.4 is 0 Å². The highest BCUT2D eigenvalue weighted by molar-refractivity contribution is 6.30. The van der Waals surface area contributed by atoms with E-state index in [2.05, 4.69) is 0 Å². The molecular formula is C12H14ClFO2. The van der Waals surface area contributed by atoms with Crippen molar-refractivity contribution in [1.82, 2.24) is 0 Å². The zero-order valence-corrected chi connectivity index (χ0v) is 10.0. The van der Waals surface area contributed by atoms with Gasteiger partial charge in [0.05, 0.1) is 5.02 Å². The maximum atomic E-state index is 13.1. The van der Waals surface area contributed by atoms with E-state index in [0.29, 0.717) is 12.0 Å². The van der Waals surface area contributed by atoms with Gasteiger partial charge < -0.3 is 5.11 Å². The first-order valence-corrected chi connectivity index (χ1v) is 5.44. The van der Waals surface area contributed by atoms with Crippen molar-refractivity contribution in [2.45, 2.75) is 32.3 Å². The van der Waals surface area contributed by atoms with Crippen molar-refractivity contribution >= 4 is 17.4 Å². The lowest BCUT2D eigenvalue weighted by Crippen LogP contribution is -2.35. The smallest absolute Gasteiger partial charge is 0.168 e. The molecule has 0 fully saturated rings.